The first-order valence-electron chi connectivity index (χ1n) is 8.81. The molecule has 3 heterocycles. The molecule has 1 aromatic carbocycles. The van der Waals surface area contributed by atoms with Gasteiger partial charge in [-0.3, -0.25) is 4.79 Å². The van der Waals surface area contributed by atoms with Crippen molar-refractivity contribution < 1.29 is 9.53 Å². The molecule has 26 heavy (non-hydrogen) atoms. The highest BCUT2D eigenvalue weighted by Crippen LogP contribution is 2.33. The molecule has 1 aliphatic heterocycles. The van der Waals surface area contributed by atoms with Crippen LogP contribution in [0, 0.1) is 6.92 Å². The van der Waals surface area contributed by atoms with Crippen LogP contribution in [0.5, 0.6) is 0 Å². The van der Waals surface area contributed by atoms with Crippen LogP contribution in [-0.4, -0.2) is 46.0 Å². The highest BCUT2D eigenvalue weighted by Gasteiger charge is 2.21. The standard InChI is InChI=1S/C19H23N5O2/c1-11-8-12(4-5-15(25)23(2)3)9-13-16(11)18-17(19(20)21-13)22-14-10-26-7-6-24(14)18/h8-9H,4-7,10H2,1-3H3,(H2,20,21). The maximum Gasteiger partial charge on any atom is 0.222 e. The molecule has 0 atom stereocenters. The SMILES string of the molecule is Cc1cc(CCC(=O)N(C)C)cc2nc(N)c3nc4n(c3c12)CCOC4. The van der Waals surface area contributed by atoms with Gasteiger partial charge in [-0.05, 0) is 30.5 Å². The number of hydrogen-bond donors (Lipinski definition) is 1. The number of aryl methyl sites for hydroxylation is 2. The van der Waals surface area contributed by atoms with Gasteiger partial charge in [0, 0.05) is 32.4 Å². The highest BCUT2D eigenvalue weighted by atomic mass is 16.5. The summed E-state index contributed by atoms with van der Waals surface area (Å²) in [6.45, 7) is 4.02. The van der Waals surface area contributed by atoms with Crippen LogP contribution in [0.1, 0.15) is 23.4 Å². The van der Waals surface area contributed by atoms with Gasteiger partial charge in [0.15, 0.2) is 5.82 Å². The molecule has 0 bridgehead atoms. The zero-order valence-corrected chi connectivity index (χ0v) is 15.4. The minimum atomic E-state index is 0.121. The molecule has 0 saturated carbocycles. The fraction of sp³-hybridized carbons (Fsp3) is 0.421. The summed E-state index contributed by atoms with van der Waals surface area (Å²) in [6, 6.07) is 4.18. The first-order chi connectivity index (χ1) is 12.5. The summed E-state index contributed by atoms with van der Waals surface area (Å²) >= 11 is 0. The molecule has 3 aromatic rings. The number of nitrogen functional groups attached to an aromatic ring is 1. The Bertz CT molecular complexity index is 1020. The number of hydrogen-bond acceptors (Lipinski definition) is 5. The minimum Gasteiger partial charge on any atom is -0.382 e. The van der Waals surface area contributed by atoms with Gasteiger partial charge in [-0.15, -0.1) is 0 Å². The molecule has 0 saturated heterocycles. The van der Waals surface area contributed by atoms with Crippen molar-refractivity contribution in [2.24, 2.45) is 0 Å². The van der Waals surface area contributed by atoms with E-state index in [1.807, 2.05) is 6.07 Å². The number of ether oxygens (including phenoxy) is 1. The number of amides is 1. The third kappa shape index (κ3) is 2.68. The molecular weight excluding hydrogens is 330 g/mol. The quantitative estimate of drug-likeness (QED) is 0.778. The number of benzene rings is 1. The van der Waals surface area contributed by atoms with Crippen molar-refractivity contribution in [2.75, 3.05) is 26.4 Å². The maximum absolute atomic E-state index is 11.9. The topological polar surface area (TPSA) is 86.3 Å². The Morgan fingerprint density at radius 3 is 2.92 bits per heavy atom. The summed E-state index contributed by atoms with van der Waals surface area (Å²) in [4.78, 5) is 22.7. The van der Waals surface area contributed by atoms with Gasteiger partial charge in [0.25, 0.3) is 0 Å². The maximum atomic E-state index is 11.9. The van der Waals surface area contributed by atoms with Crippen molar-refractivity contribution in [2.45, 2.75) is 32.9 Å². The molecule has 1 amide bonds. The smallest absolute Gasteiger partial charge is 0.222 e. The van der Waals surface area contributed by atoms with Crippen molar-refractivity contribution in [1.82, 2.24) is 19.4 Å². The fourth-order valence-electron chi connectivity index (χ4n) is 3.64. The molecule has 0 spiro atoms. The van der Waals surface area contributed by atoms with Crippen LogP contribution in [-0.2, 0) is 29.1 Å². The second-order valence-corrected chi connectivity index (χ2v) is 7.02. The molecule has 0 radical (unpaired) electrons. The van der Waals surface area contributed by atoms with Gasteiger partial charge < -0.3 is 19.9 Å². The van der Waals surface area contributed by atoms with Gasteiger partial charge in [-0.1, -0.05) is 6.07 Å². The number of carbonyl (C=O) groups is 1. The molecule has 2 aromatic heterocycles. The van der Waals surface area contributed by atoms with Gasteiger partial charge in [0.05, 0.1) is 17.6 Å². The zero-order chi connectivity index (χ0) is 18.4. The first-order valence-corrected chi connectivity index (χ1v) is 8.81. The average Bonchev–Trinajstić information content (AvgIpc) is 2.99. The third-order valence-electron chi connectivity index (χ3n) is 4.96. The van der Waals surface area contributed by atoms with Crippen molar-refractivity contribution >= 4 is 33.7 Å². The summed E-state index contributed by atoms with van der Waals surface area (Å²) in [5.74, 6) is 1.46. The minimum absolute atomic E-state index is 0.121. The number of imidazole rings is 1. The Morgan fingerprint density at radius 1 is 1.35 bits per heavy atom. The predicted molar refractivity (Wildman–Crippen MR) is 101 cm³/mol. The summed E-state index contributed by atoms with van der Waals surface area (Å²) < 4.78 is 7.72. The van der Waals surface area contributed by atoms with E-state index in [4.69, 9.17) is 10.5 Å². The number of pyridine rings is 1. The Labute approximate surface area is 151 Å². The Kier molecular flexibility index (Phi) is 4.03. The van der Waals surface area contributed by atoms with Gasteiger partial charge >= 0.3 is 0 Å². The van der Waals surface area contributed by atoms with Crippen LogP contribution in [0.3, 0.4) is 0 Å². The number of rotatable bonds is 3. The summed E-state index contributed by atoms with van der Waals surface area (Å²) in [6.07, 6.45) is 1.17. The Morgan fingerprint density at radius 2 is 2.15 bits per heavy atom. The van der Waals surface area contributed by atoms with Gasteiger partial charge in [0.2, 0.25) is 5.91 Å². The van der Waals surface area contributed by atoms with Crippen molar-refractivity contribution in [3.63, 3.8) is 0 Å². The predicted octanol–water partition coefficient (Wildman–Crippen LogP) is 2.03. The molecule has 4 rings (SSSR count). The van der Waals surface area contributed by atoms with Gasteiger partial charge in [-0.25, -0.2) is 9.97 Å². The fourth-order valence-corrected chi connectivity index (χ4v) is 3.64. The summed E-state index contributed by atoms with van der Waals surface area (Å²) in [7, 11) is 3.55. The Hall–Kier alpha value is -2.67. The van der Waals surface area contributed by atoms with E-state index in [1.54, 1.807) is 19.0 Å². The number of aromatic nitrogens is 3. The molecule has 136 valence electrons. The van der Waals surface area contributed by atoms with E-state index >= 15 is 0 Å². The van der Waals surface area contributed by atoms with E-state index in [0.29, 0.717) is 31.9 Å². The van der Waals surface area contributed by atoms with E-state index in [2.05, 4.69) is 27.5 Å². The van der Waals surface area contributed by atoms with E-state index in [0.717, 1.165) is 45.4 Å². The lowest BCUT2D eigenvalue weighted by Gasteiger charge is -2.16. The van der Waals surface area contributed by atoms with E-state index in [1.165, 1.54) is 0 Å². The molecule has 7 nitrogen and oxygen atoms in total. The second-order valence-electron chi connectivity index (χ2n) is 7.02. The lowest BCUT2D eigenvalue weighted by molar-refractivity contribution is -0.128. The molecular formula is C19H23N5O2. The number of carbonyl (C=O) groups excluding carboxylic acids is 1. The first kappa shape index (κ1) is 16.8. The van der Waals surface area contributed by atoms with E-state index in [9.17, 15) is 4.79 Å². The molecule has 0 unspecified atom stereocenters. The number of nitrogens with zero attached hydrogens (tertiary/aromatic N) is 4. The van der Waals surface area contributed by atoms with Crippen LogP contribution in [0.25, 0.3) is 21.9 Å². The molecule has 2 N–H and O–H groups in total. The van der Waals surface area contributed by atoms with Crippen LogP contribution in [0.4, 0.5) is 5.82 Å². The largest absolute Gasteiger partial charge is 0.382 e. The second kappa shape index (κ2) is 6.25. The van der Waals surface area contributed by atoms with Gasteiger partial charge in [-0.2, -0.15) is 0 Å². The van der Waals surface area contributed by atoms with Crippen molar-refractivity contribution in [1.29, 1.82) is 0 Å². The van der Waals surface area contributed by atoms with E-state index in [-0.39, 0.29) is 5.91 Å². The molecule has 0 fully saturated rings. The lowest BCUT2D eigenvalue weighted by atomic mass is 10.0. The lowest BCUT2D eigenvalue weighted by Crippen LogP contribution is -2.21. The Balaban J connectivity index is 1.85. The third-order valence-corrected chi connectivity index (χ3v) is 4.96. The van der Waals surface area contributed by atoms with Crippen molar-refractivity contribution in [3.05, 3.63) is 29.1 Å². The van der Waals surface area contributed by atoms with Crippen molar-refractivity contribution in [3.8, 4) is 0 Å². The number of anilines is 1. The van der Waals surface area contributed by atoms with Crippen LogP contribution >= 0.6 is 0 Å². The molecule has 1 aliphatic rings. The van der Waals surface area contributed by atoms with Crippen LogP contribution in [0.2, 0.25) is 0 Å². The zero-order valence-electron chi connectivity index (χ0n) is 15.4. The summed E-state index contributed by atoms with van der Waals surface area (Å²) in [5, 5.41) is 1.08. The number of nitrogens with two attached hydrogens (primary N) is 1. The molecule has 7 heteroatoms. The van der Waals surface area contributed by atoms with Gasteiger partial charge in [0.1, 0.15) is 17.9 Å². The van der Waals surface area contributed by atoms with Crippen LogP contribution in [0.15, 0.2) is 12.1 Å². The normalized spacial score (nSPS) is 14.0. The average molecular weight is 353 g/mol. The van der Waals surface area contributed by atoms with E-state index < -0.39 is 0 Å². The molecule has 0 aliphatic carbocycles. The monoisotopic (exact) mass is 353 g/mol. The number of fused-ring (bicyclic) bond motifs is 5. The van der Waals surface area contributed by atoms with Crippen LogP contribution < -0.4 is 5.73 Å². The summed E-state index contributed by atoms with van der Waals surface area (Å²) in [5.41, 5.74) is 11.1. The highest BCUT2D eigenvalue weighted by molar-refractivity contribution is 6.08.